The van der Waals surface area contributed by atoms with Gasteiger partial charge in [0, 0.05) is 5.56 Å². The maximum atomic E-state index is 12.9. The second-order valence-electron chi connectivity index (χ2n) is 6.38. The van der Waals surface area contributed by atoms with Crippen molar-refractivity contribution in [2.75, 3.05) is 6.61 Å². The summed E-state index contributed by atoms with van der Waals surface area (Å²) in [6.07, 6.45) is -4.07. The highest BCUT2D eigenvalue weighted by Crippen LogP contribution is 2.33. The Morgan fingerprint density at radius 3 is 2.67 bits per heavy atom. The molecule has 4 rings (SSSR count). The number of alkyl halides is 3. The largest absolute Gasteiger partial charge is 0.485 e. The smallest absolute Gasteiger partial charge is 0.416 e. The minimum atomic E-state index is -4.44. The average Bonchev–Trinajstić information content (AvgIpc) is 3.22. The van der Waals surface area contributed by atoms with Gasteiger partial charge in [0.25, 0.3) is 5.91 Å². The van der Waals surface area contributed by atoms with E-state index in [2.05, 4.69) is 10.5 Å². The number of fused-ring (bicyclic) bond motifs is 1. The SMILES string of the molecule is O=C(N/N=C\c1ccc(-c2cccc(C(F)(F)F)c2)o1)[C@@H]1COc2ccccc2O1. The van der Waals surface area contributed by atoms with Gasteiger partial charge in [0.05, 0.1) is 11.8 Å². The summed E-state index contributed by atoms with van der Waals surface area (Å²) in [5.74, 6) is 1.01. The number of furan rings is 1. The van der Waals surface area contributed by atoms with Crippen LogP contribution in [0.15, 0.2) is 70.2 Å². The Morgan fingerprint density at radius 2 is 1.87 bits per heavy atom. The molecule has 1 amide bonds. The van der Waals surface area contributed by atoms with E-state index >= 15 is 0 Å². The molecule has 0 bridgehead atoms. The minimum absolute atomic E-state index is 0.0405. The summed E-state index contributed by atoms with van der Waals surface area (Å²) in [4.78, 5) is 12.2. The molecule has 1 aliphatic heterocycles. The first-order valence-corrected chi connectivity index (χ1v) is 8.89. The fourth-order valence-electron chi connectivity index (χ4n) is 2.81. The summed E-state index contributed by atoms with van der Waals surface area (Å²) in [5, 5.41) is 3.80. The van der Waals surface area contributed by atoms with Crippen LogP contribution < -0.4 is 14.9 Å². The monoisotopic (exact) mass is 416 g/mol. The second kappa shape index (κ2) is 7.94. The van der Waals surface area contributed by atoms with E-state index in [1.807, 2.05) is 0 Å². The van der Waals surface area contributed by atoms with Crippen molar-refractivity contribution in [2.24, 2.45) is 5.10 Å². The van der Waals surface area contributed by atoms with Crippen molar-refractivity contribution in [3.8, 4) is 22.8 Å². The maximum absolute atomic E-state index is 12.9. The first-order chi connectivity index (χ1) is 14.4. The normalized spacial score (nSPS) is 15.9. The van der Waals surface area contributed by atoms with Crippen molar-refractivity contribution in [2.45, 2.75) is 12.3 Å². The third-order valence-corrected chi connectivity index (χ3v) is 4.27. The fraction of sp³-hybridized carbons (Fsp3) is 0.143. The highest BCUT2D eigenvalue weighted by molar-refractivity contribution is 5.84. The number of para-hydroxylation sites is 2. The molecular weight excluding hydrogens is 401 g/mol. The zero-order valence-corrected chi connectivity index (χ0v) is 15.3. The Labute approximate surface area is 168 Å². The molecule has 1 aliphatic rings. The van der Waals surface area contributed by atoms with Gasteiger partial charge in [-0.25, -0.2) is 5.43 Å². The van der Waals surface area contributed by atoms with Gasteiger partial charge < -0.3 is 13.9 Å². The standard InChI is InChI=1S/C21H15F3N2O4/c22-21(23,24)14-5-3-4-13(10-14)16-9-8-15(29-16)11-25-26-20(27)19-12-28-17-6-1-2-7-18(17)30-19/h1-11,19H,12H2,(H,26,27)/b25-11-/t19-/m0/s1. The lowest BCUT2D eigenvalue weighted by molar-refractivity contribution is -0.137. The van der Waals surface area contributed by atoms with Crippen molar-refractivity contribution < 1.29 is 31.9 Å². The van der Waals surface area contributed by atoms with Crippen LogP contribution in [-0.4, -0.2) is 24.8 Å². The molecule has 0 radical (unpaired) electrons. The molecule has 2 aromatic carbocycles. The van der Waals surface area contributed by atoms with E-state index in [4.69, 9.17) is 13.9 Å². The summed E-state index contributed by atoms with van der Waals surface area (Å²) >= 11 is 0. The topological polar surface area (TPSA) is 73.1 Å². The number of amides is 1. The molecule has 9 heteroatoms. The summed E-state index contributed by atoms with van der Waals surface area (Å²) in [5.41, 5.74) is 1.84. The van der Waals surface area contributed by atoms with Crippen LogP contribution in [0.5, 0.6) is 11.5 Å². The van der Waals surface area contributed by atoms with Crippen molar-refractivity contribution in [1.82, 2.24) is 5.43 Å². The van der Waals surface area contributed by atoms with Gasteiger partial charge in [-0.1, -0.05) is 24.3 Å². The summed E-state index contributed by atoms with van der Waals surface area (Å²) < 4.78 is 55.1. The van der Waals surface area contributed by atoms with Gasteiger partial charge in [-0.3, -0.25) is 4.79 Å². The van der Waals surface area contributed by atoms with Crippen molar-refractivity contribution in [3.63, 3.8) is 0 Å². The molecular formula is C21H15F3N2O4. The molecule has 30 heavy (non-hydrogen) atoms. The molecule has 0 saturated heterocycles. The Kier molecular flexibility index (Phi) is 5.18. The number of benzene rings is 2. The van der Waals surface area contributed by atoms with E-state index < -0.39 is 23.8 Å². The highest BCUT2D eigenvalue weighted by Gasteiger charge is 2.30. The zero-order valence-electron chi connectivity index (χ0n) is 15.3. The Balaban J connectivity index is 1.38. The van der Waals surface area contributed by atoms with E-state index in [1.54, 1.807) is 24.3 Å². The van der Waals surface area contributed by atoms with Crippen molar-refractivity contribution >= 4 is 12.1 Å². The molecule has 3 aromatic rings. The van der Waals surface area contributed by atoms with Gasteiger partial charge in [-0.05, 0) is 36.4 Å². The first-order valence-electron chi connectivity index (χ1n) is 8.89. The van der Waals surface area contributed by atoms with E-state index in [9.17, 15) is 18.0 Å². The number of rotatable bonds is 4. The minimum Gasteiger partial charge on any atom is -0.485 e. The van der Waals surface area contributed by atoms with E-state index in [0.29, 0.717) is 11.5 Å². The van der Waals surface area contributed by atoms with Gasteiger partial charge in [-0.15, -0.1) is 0 Å². The lowest BCUT2D eigenvalue weighted by Crippen LogP contribution is -2.42. The molecule has 6 nitrogen and oxygen atoms in total. The molecule has 1 atom stereocenters. The third-order valence-electron chi connectivity index (χ3n) is 4.27. The van der Waals surface area contributed by atoms with E-state index in [0.717, 1.165) is 12.1 Å². The second-order valence-corrected chi connectivity index (χ2v) is 6.38. The zero-order chi connectivity index (χ0) is 21.1. The number of carbonyl (C=O) groups excluding carboxylic acids is 1. The molecule has 154 valence electrons. The molecule has 1 aromatic heterocycles. The number of hydrogen-bond donors (Lipinski definition) is 1. The lowest BCUT2D eigenvalue weighted by atomic mass is 10.1. The quantitative estimate of drug-likeness (QED) is 0.510. The van der Waals surface area contributed by atoms with Gasteiger partial charge in [0.15, 0.2) is 11.5 Å². The molecule has 0 spiro atoms. The fourth-order valence-corrected chi connectivity index (χ4v) is 2.81. The lowest BCUT2D eigenvalue weighted by Gasteiger charge is -2.24. The number of carbonyl (C=O) groups is 1. The van der Waals surface area contributed by atoms with Gasteiger partial charge in [0.1, 0.15) is 18.1 Å². The number of nitrogens with one attached hydrogen (secondary N) is 1. The number of halogens is 3. The summed E-state index contributed by atoms with van der Waals surface area (Å²) in [6, 6.07) is 14.8. The van der Waals surface area contributed by atoms with Gasteiger partial charge in [-0.2, -0.15) is 18.3 Å². The predicted molar refractivity (Wildman–Crippen MR) is 101 cm³/mol. The van der Waals surface area contributed by atoms with Crippen LogP contribution in [0, 0.1) is 0 Å². The number of nitrogens with zero attached hydrogens (tertiary/aromatic N) is 1. The predicted octanol–water partition coefficient (Wildman–Crippen LogP) is 4.26. The van der Waals surface area contributed by atoms with Crippen LogP contribution in [-0.2, 0) is 11.0 Å². The summed E-state index contributed by atoms with van der Waals surface area (Å²) in [7, 11) is 0. The molecule has 2 heterocycles. The molecule has 0 aliphatic carbocycles. The van der Waals surface area contributed by atoms with Crippen LogP contribution >= 0.6 is 0 Å². The van der Waals surface area contributed by atoms with Crippen LogP contribution in [0.1, 0.15) is 11.3 Å². The average molecular weight is 416 g/mol. The summed E-state index contributed by atoms with van der Waals surface area (Å²) in [6.45, 7) is 0.0405. The van der Waals surface area contributed by atoms with Crippen LogP contribution in [0.25, 0.3) is 11.3 Å². The van der Waals surface area contributed by atoms with Gasteiger partial charge in [0.2, 0.25) is 6.10 Å². The number of hydrazone groups is 1. The highest BCUT2D eigenvalue weighted by atomic mass is 19.4. The van der Waals surface area contributed by atoms with Crippen LogP contribution in [0.3, 0.4) is 0 Å². The number of ether oxygens (including phenoxy) is 2. The van der Waals surface area contributed by atoms with Crippen molar-refractivity contribution in [1.29, 1.82) is 0 Å². The maximum Gasteiger partial charge on any atom is 0.416 e. The Bertz CT molecular complexity index is 1090. The van der Waals surface area contributed by atoms with Crippen LogP contribution in [0.4, 0.5) is 13.2 Å². The van der Waals surface area contributed by atoms with E-state index in [-0.39, 0.29) is 23.7 Å². The Morgan fingerprint density at radius 1 is 1.07 bits per heavy atom. The molecule has 0 unspecified atom stereocenters. The van der Waals surface area contributed by atoms with Gasteiger partial charge >= 0.3 is 6.18 Å². The number of hydrogen-bond acceptors (Lipinski definition) is 5. The van der Waals surface area contributed by atoms with Crippen LogP contribution in [0.2, 0.25) is 0 Å². The third kappa shape index (κ3) is 4.29. The first kappa shape index (κ1) is 19.6. The Hall–Kier alpha value is -3.75. The molecule has 0 fully saturated rings. The van der Waals surface area contributed by atoms with E-state index in [1.165, 1.54) is 30.5 Å². The van der Waals surface area contributed by atoms with Crippen molar-refractivity contribution in [3.05, 3.63) is 72.0 Å². The molecule has 0 saturated carbocycles. The molecule has 1 N–H and O–H groups in total.